The van der Waals surface area contributed by atoms with Gasteiger partial charge in [0.1, 0.15) is 11.3 Å². The first-order chi connectivity index (χ1) is 10.3. The van der Waals surface area contributed by atoms with Crippen LogP contribution in [0.15, 0.2) is 30.3 Å². The first-order valence-corrected chi connectivity index (χ1v) is 7.62. The number of pyridine rings is 1. The van der Waals surface area contributed by atoms with Crippen LogP contribution in [0.3, 0.4) is 0 Å². The van der Waals surface area contributed by atoms with Crippen LogP contribution in [0.4, 0.5) is 0 Å². The zero-order valence-electron chi connectivity index (χ0n) is 12.8. The molecule has 1 saturated heterocycles. The third-order valence-corrected chi connectivity index (χ3v) is 4.26. The Kier molecular flexibility index (Phi) is 4.36. The van der Waals surface area contributed by atoms with Crippen molar-refractivity contribution in [3.05, 3.63) is 36.0 Å². The van der Waals surface area contributed by atoms with Gasteiger partial charge in [0.2, 0.25) is 0 Å². The molecule has 2 heterocycles. The fraction of sp³-hybridized carbons (Fsp3) is 0.471. The van der Waals surface area contributed by atoms with Gasteiger partial charge in [-0.2, -0.15) is 0 Å². The predicted octanol–water partition coefficient (Wildman–Crippen LogP) is 2.43. The Hall–Kier alpha value is -1.65. The Morgan fingerprint density at radius 3 is 3.05 bits per heavy atom. The lowest BCUT2D eigenvalue weighted by Crippen LogP contribution is -2.43. The maximum atomic E-state index is 5.42. The van der Waals surface area contributed by atoms with E-state index in [0.717, 1.165) is 42.0 Å². The molecule has 2 aromatic rings. The zero-order chi connectivity index (χ0) is 14.7. The summed E-state index contributed by atoms with van der Waals surface area (Å²) in [5.74, 6) is 0.848. The molecule has 0 aliphatic carbocycles. The molecule has 21 heavy (non-hydrogen) atoms. The van der Waals surface area contributed by atoms with Gasteiger partial charge in [0.15, 0.2) is 0 Å². The van der Waals surface area contributed by atoms with Gasteiger partial charge in [-0.05, 0) is 38.6 Å². The summed E-state index contributed by atoms with van der Waals surface area (Å²) >= 11 is 0. The third kappa shape index (κ3) is 3.17. The number of ether oxygens (including phenoxy) is 1. The van der Waals surface area contributed by atoms with Gasteiger partial charge in [0, 0.05) is 24.5 Å². The molecule has 1 aliphatic rings. The normalized spacial score (nSPS) is 19.8. The number of benzene rings is 1. The van der Waals surface area contributed by atoms with Gasteiger partial charge in [0.05, 0.1) is 12.8 Å². The minimum Gasteiger partial charge on any atom is -0.494 e. The standard InChI is InChI=1S/C17H23N3O/c1-18-14-6-4-10-20(11-14)12-15-9-8-13-5-3-7-16(21-2)17(13)19-15/h3,5,7-9,14,18H,4,6,10-12H2,1-2H3. The van der Waals surface area contributed by atoms with E-state index >= 15 is 0 Å². The molecule has 112 valence electrons. The van der Waals surface area contributed by atoms with Crippen LogP contribution < -0.4 is 10.1 Å². The SMILES string of the molecule is CNC1CCCN(Cc2ccc3cccc(OC)c3n2)C1. The van der Waals surface area contributed by atoms with E-state index in [-0.39, 0.29) is 0 Å². The highest BCUT2D eigenvalue weighted by Crippen LogP contribution is 2.24. The molecule has 0 bridgehead atoms. The van der Waals surface area contributed by atoms with Crippen LogP contribution in [0.25, 0.3) is 10.9 Å². The van der Waals surface area contributed by atoms with Gasteiger partial charge in [-0.1, -0.05) is 18.2 Å². The lowest BCUT2D eigenvalue weighted by Gasteiger charge is -2.32. The Bertz CT molecular complexity index is 614. The van der Waals surface area contributed by atoms with Gasteiger partial charge in [-0.3, -0.25) is 4.90 Å². The van der Waals surface area contributed by atoms with Crippen molar-refractivity contribution in [2.75, 3.05) is 27.2 Å². The van der Waals surface area contributed by atoms with Crippen molar-refractivity contribution >= 4 is 10.9 Å². The van der Waals surface area contributed by atoms with E-state index in [1.54, 1.807) is 7.11 Å². The largest absolute Gasteiger partial charge is 0.494 e. The molecule has 4 heteroatoms. The van der Waals surface area contributed by atoms with Crippen LogP contribution in [0, 0.1) is 0 Å². The topological polar surface area (TPSA) is 37.4 Å². The first kappa shape index (κ1) is 14.3. The minimum absolute atomic E-state index is 0.605. The number of para-hydroxylation sites is 1. The second-order valence-corrected chi connectivity index (χ2v) is 5.70. The van der Waals surface area contributed by atoms with E-state index in [1.807, 2.05) is 19.2 Å². The molecular weight excluding hydrogens is 262 g/mol. The summed E-state index contributed by atoms with van der Waals surface area (Å²) in [6, 6.07) is 10.9. The highest BCUT2D eigenvalue weighted by Gasteiger charge is 2.18. The van der Waals surface area contributed by atoms with Crippen LogP contribution in [-0.2, 0) is 6.54 Å². The van der Waals surface area contributed by atoms with Crippen LogP contribution in [0.2, 0.25) is 0 Å². The van der Waals surface area contributed by atoms with Gasteiger partial charge in [0.25, 0.3) is 0 Å². The van der Waals surface area contributed by atoms with Crippen LogP contribution in [0.5, 0.6) is 5.75 Å². The number of likely N-dealkylation sites (tertiary alicyclic amines) is 1. The predicted molar refractivity (Wildman–Crippen MR) is 85.7 cm³/mol. The van der Waals surface area contributed by atoms with E-state index in [1.165, 1.54) is 12.8 Å². The van der Waals surface area contributed by atoms with E-state index in [0.29, 0.717) is 6.04 Å². The summed E-state index contributed by atoms with van der Waals surface area (Å²) in [4.78, 5) is 7.28. The molecule has 0 spiro atoms. The van der Waals surface area contributed by atoms with Crippen molar-refractivity contribution in [3.63, 3.8) is 0 Å². The summed E-state index contributed by atoms with van der Waals surface area (Å²) in [6.45, 7) is 3.16. The molecule has 4 nitrogen and oxygen atoms in total. The molecule has 3 rings (SSSR count). The maximum absolute atomic E-state index is 5.42. The van der Waals surface area contributed by atoms with E-state index in [4.69, 9.17) is 9.72 Å². The number of hydrogen-bond acceptors (Lipinski definition) is 4. The van der Waals surface area contributed by atoms with Gasteiger partial charge in [-0.25, -0.2) is 4.98 Å². The van der Waals surface area contributed by atoms with Crippen molar-refractivity contribution in [3.8, 4) is 5.75 Å². The smallest absolute Gasteiger partial charge is 0.145 e. The summed E-state index contributed by atoms with van der Waals surface area (Å²) in [5, 5.41) is 4.51. The minimum atomic E-state index is 0.605. The Labute approximate surface area is 126 Å². The number of fused-ring (bicyclic) bond motifs is 1. The highest BCUT2D eigenvalue weighted by molar-refractivity contribution is 5.84. The molecule has 0 amide bonds. The number of aromatic nitrogens is 1. The number of nitrogens with one attached hydrogen (secondary N) is 1. The molecule has 0 radical (unpaired) electrons. The summed E-state index contributed by atoms with van der Waals surface area (Å²) in [5.41, 5.74) is 2.07. The summed E-state index contributed by atoms with van der Waals surface area (Å²) < 4.78 is 5.42. The Balaban J connectivity index is 1.81. The van der Waals surface area contributed by atoms with Gasteiger partial charge < -0.3 is 10.1 Å². The maximum Gasteiger partial charge on any atom is 0.145 e. The number of hydrogen-bond donors (Lipinski definition) is 1. The highest BCUT2D eigenvalue weighted by atomic mass is 16.5. The second-order valence-electron chi connectivity index (χ2n) is 5.70. The summed E-state index contributed by atoms with van der Waals surface area (Å²) in [7, 11) is 3.75. The van der Waals surface area contributed by atoms with Crippen molar-refractivity contribution in [1.29, 1.82) is 0 Å². The molecule has 1 aliphatic heterocycles. The first-order valence-electron chi connectivity index (χ1n) is 7.62. The number of likely N-dealkylation sites (N-methyl/N-ethyl adjacent to an activating group) is 1. The Morgan fingerprint density at radius 1 is 1.33 bits per heavy atom. The van der Waals surface area contributed by atoms with E-state index in [2.05, 4.69) is 28.4 Å². The lowest BCUT2D eigenvalue weighted by molar-refractivity contribution is 0.186. The monoisotopic (exact) mass is 285 g/mol. The van der Waals surface area contributed by atoms with Crippen molar-refractivity contribution < 1.29 is 4.74 Å². The van der Waals surface area contributed by atoms with Crippen molar-refractivity contribution in [1.82, 2.24) is 15.2 Å². The third-order valence-electron chi connectivity index (χ3n) is 4.26. The van der Waals surface area contributed by atoms with Gasteiger partial charge >= 0.3 is 0 Å². The lowest BCUT2D eigenvalue weighted by atomic mass is 10.1. The molecule has 1 atom stereocenters. The van der Waals surface area contributed by atoms with Crippen LogP contribution >= 0.6 is 0 Å². The zero-order valence-corrected chi connectivity index (χ0v) is 12.8. The number of piperidine rings is 1. The average Bonchev–Trinajstić information content (AvgIpc) is 2.54. The van der Waals surface area contributed by atoms with Crippen LogP contribution in [-0.4, -0.2) is 43.2 Å². The van der Waals surface area contributed by atoms with Crippen molar-refractivity contribution in [2.24, 2.45) is 0 Å². The number of nitrogens with zero attached hydrogens (tertiary/aromatic N) is 2. The van der Waals surface area contributed by atoms with Crippen molar-refractivity contribution in [2.45, 2.75) is 25.4 Å². The number of rotatable bonds is 4. The molecule has 1 fully saturated rings. The average molecular weight is 285 g/mol. The van der Waals surface area contributed by atoms with E-state index in [9.17, 15) is 0 Å². The quantitative estimate of drug-likeness (QED) is 0.936. The Morgan fingerprint density at radius 2 is 2.24 bits per heavy atom. The molecule has 1 aromatic carbocycles. The molecule has 0 saturated carbocycles. The molecular formula is C17H23N3O. The van der Waals surface area contributed by atoms with E-state index < -0.39 is 0 Å². The molecule has 1 unspecified atom stereocenters. The fourth-order valence-corrected chi connectivity index (χ4v) is 3.08. The molecule has 1 N–H and O–H groups in total. The summed E-state index contributed by atoms with van der Waals surface area (Å²) in [6.07, 6.45) is 2.52. The fourth-order valence-electron chi connectivity index (χ4n) is 3.08. The number of methoxy groups -OCH3 is 1. The molecule has 1 aromatic heterocycles. The second kappa shape index (κ2) is 6.41. The van der Waals surface area contributed by atoms with Gasteiger partial charge in [-0.15, -0.1) is 0 Å². The van der Waals surface area contributed by atoms with Crippen LogP contribution in [0.1, 0.15) is 18.5 Å².